The number of aromatic nitrogens is 1. The van der Waals surface area contributed by atoms with Crippen LogP contribution in [0.15, 0.2) is 70.1 Å². The maximum Gasteiger partial charge on any atom is 0.264 e. The third-order valence-corrected chi connectivity index (χ3v) is 4.88. The normalized spacial score (nSPS) is 10.8. The SMILES string of the molecule is Cc1sc(NC(=O)c2coc3ccccc3c2=O)nc1-c1ccccc1. The summed E-state index contributed by atoms with van der Waals surface area (Å²) >= 11 is 1.37. The largest absolute Gasteiger partial charge is 0.463 e. The zero-order valence-corrected chi connectivity index (χ0v) is 14.7. The minimum atomic E-state index is -0.530. The summed E-state index contributed by atoms with van der Waals surface area (Å²) in [5, 5.41) is 3.52. The first-order valence-electron chi connectivity index (χ1n) is 7.98. The van der Waals surface area contributed by atoms with Crippen LogP contribution in [0.2, 0.25) is 0 Å². The van der Waals surface area contributed by atoms with Gasteiger partial charge in [0.15, 0.2) is 5.13 Å². The van der Waals surface area contributed by atoms with Gasteiger partial charge in [-0.1, -0.05) is 42.5 Å². The predicted molar refractivity (Wildman–Crippen MR) is 103 cm³/mol. The standard InChI is InChI=1S/C20H14N2O3S/c1-12-17(13-7-3-2-4-8-13)21-20(26-12)22-19(24)15-11-25-16-10-6-5-9-14(16)18(15)23/h2-11H,1H3,(H,21,22,24). The summed E-state index contributed by atoms with van der Waals surface area (Å²) in [7, 11) is 0. The Balaban J connectivity index is 1.65. The second kappa shape index (κ2) is 6.57. The molecule has 0 bridgehead atoms. The summed E-state index contributed by atoms with van der Waals surface area (Å²) < 4.78 is 5.40. The molecule has 5 nitrogen and oxygen atoms in total. The van der Waals surface area contributed by atoms with Crippen LogP contribution in [0.25, 0.3) is 22.2 Å². The molecule has 6 heteroatoms. The van der Waals surface area contributed by atoms with E-state index in [4.69, 9.17) is 4.42 Å². The summed E-state index contributed by atoms with van der Waals surface area (Å²) in [5.74, 6) is -0.530. The number of nitrogens with one attached hydrogen (secondary N) is 1. The van der Waals surface area contributed by atoms with E-state index < -0.39 is 5.91 Å². The molecule has 0 spiro atoms. The van der Waals surface area contributed by atoms with Crippen molar-refractivity contribution in [3.05, 3.63) is 81.5 Å². The molecule has 2 aromatic heterocycles. The van der Waals surface area contributed by atoms with Crippen LogP contribution in [-0.2, 0) is 0 Å². The molecular formula is C20H14N2O3S. The van der Waals surface area contributed by atoms with Gasteiger partial charge in [0.2, 0.25) is 5.43 Å². The van der Waals surface area contributed by atoms with Gasteiger partial charge in [0.1, 0.15) is 17.4 Å². The number of aryl methyl sites for hydroxylation is 1. The molecule has 4 rings (SSSR count). The average Bonchev–Trinajstić information content (AvgIpc) is 3.03. The number of carbonyl (C=O) groups excluding carboxylic acids is 1. The van der Waals surface area contributed by atoms with E-state index in [0.717, 1.165) is 16.1 Å². The van der Waals surface area contributed by atoms with Crippen molar-refractivity contribution < 1.29 is 9.21 Å². The number of para-hydroxylation sites is 1. The number of hydrogen-bond acceptors (Lipinski definition) is 5. The van der Waals surface area contributed by atoms with Crippen molar-refractivity contribution >= 4 is 33.3 Å². The molecule has 2 heterocycles. The Labute approximate surface area is 152 Å². The Morgan fingerprint density at radius 1 is 1.08 bits per heavy atom. The van der Waals surface area contributed by atoms with Gasteiger partial charge in [0, 0.05) is 10.4 Å². The first-order chi connectivity index (χ1) is 12.6. The molecule has 0 aliphatic rings. The minimum absolute atomic E-state index is 0.0437. The third kappa shape index (κ3) is 2.91. The Hall–Kier alpha value is -3.25. The lowest BCUT2D eigenvalue weighted by molar-refractivity contribution is 0.102. The van der Waals surface area contributed by atoms with Crippen molar-refractivity contribution in [3.8, 4) is 11.3 Å². The molecular weight excluding hydrogens is 348 g/mol. The highest BCUT2D eigenvalue weighted by molar-refractivity contribution is 7.16. The Bertz CT molecular complexity index is 1160. The lowest BCUT2D eigenvalue weighted by Gasteiger charge is -2.02. The molecule has 0 aliphatic heterocycles. The van der Waals surface area contributed by atoms with Crippen LogP contribution in [0.1, 0.15) is 15.2 Å². The number of thiazole rings is 1. The minimum Gasteiger partial charge on any atom is -0.463 e. The Morgan fingerprint density at radius 2 is 1.81 bits per heavy atom. The maximum absolute atomic E-state index is 12.5. The third-order valence-electron chi connectivity index (χ3n) is 3.99. The number of nitrogens with zero attached hydrogens (tertiary/aromatic N) is 1. The van der Waals surface area contributed by atoms with Gasteiger partial charge in [0.05, 0.1) is 11.1 Å². The van der Waals surface area contributed by atoms with Crippen molar-refractivity contribution in [1.29, 1.82) is 0 Å². The van der Waals surface area contributed by atoms with Gasteiger partial charge in [-0.25, -0.2) is 4.98 Å². The molecule has 0 saturated heterocycles. The molecule has 1 N–H and O–H groups in total. The summed E-state index contributed by atoms with van der Waals surface area (Å²) in [6.45, 7) is 1.94. The van der Waals surface area contributed by atoms with Gasteiger partial charge < -0.3 is 4.42 Å². The average molecular weight is 362 g/mol. The smallest absolute Gasteiger partial charge is 0.264 e. The van der Waals surface area contributed by atoms with Gasteiger partial charge in [-0.3, -0.25) is 14.9 Å². The monoisotopic (exact) mass is 362 g/mol. The molecule has 0 radical (unpaired) electrons. The summed E-state index contributed by atoms with van der Waals surface area (Å²) in [4.78, 5) is 30.5. The highest BCUT2D eigenvalue weighted by atomic mass is 32.1. The first-order valence-corrected chi connectivity index (χ1v) is 8.80. The van der Waals surface area contributed by atoms with Crippen LogP contribution in [0, 0.1) is 6.92 Å². The van der Waals surface area contributed by atoms with Crippen molar-refractivity contribution in [2.45, 2.75) is 6.92 Å². The molecule has 0 unspecified atom stereocenters. The quantitative estimate of drug-likeness (QED) is 0.583. The van der Waals surface area contributed by atoms with E-state index in [-0.39, 0.29) is 11.0 Å². The van der Waals surface area contributed by atoms with Gasteiger partial charge >= 0.3 is 0 Å². The van der Waals surface area contributed by atoms with Crippen LogP contribution in [0.4, 0.5) is 5.13 Å². The zero-order valence-electron chi connectivity index (χ0n) is 13.9. The molecule has 128 valence electrons. The second-order valence-corrected chi connectivity index (χ2v) is 6.92. The van der Waals surface area contributed by atoms with E-state index in [9.17, 15) is 9.59 Å². The van der Waals surface area contributed by atoms with Gasteiger partial charge in [-0.2, -0.15) is 0 Å². The van der Waals surface area contributed by atoms with E-state index in [0.29, 0.717) is 16.1 Å². The molecule has 0 saturated carbocycles. The Kier molecular flexibility index (Phi) is 4.10. The second-order valence-electron chi connectivity index (χ2n) is 5.72. The van der Waals surface area contributed by atoms with Crippen molar-refractivity contribution in [3.63, 3.8) is 0 Å². The van der Waals surface area contributed by atoms with Gasteiger partial charge in [-0.15, -0.1) is 11.3 Å². The molecule has 0 fully saturated rings. The number of anilines is 1. The van der Waals surface area contributed by atoms with Crippen LogP contribution in [-0.4, -0.2) is 10.9 Å². The van der Waals surface area contributed by atoms with E-state index in [2.05, 4.69) is 10.3 Å². The van der Waals surface area contributed by atoms with Crippen LogP contribution >= 0.6 is 11.3 Å². The number of hydrogen-bond donors (Lipinski definition) is 1. The number of carbonyl (C=O) groups is 1. The molecule has 1 amide bonds. The fourth-order valence-electron chi connectivity index (χ4n) is 2.71. The fraction of sp³-hybridized carbons (Fsp3) is 0.0500. The maximum atomic E-state index is 12.5. The molecule has 4 aromatic rings. The summed E-state index contributed by atoms with van der Waals surface area (Å²) in [6.07, 6.45) is 1.19. The lowest BCUT2D eigenvalue weighted by atomic mass is 10.1. The van der Waals surface area contributed by atoms with E-state index >= 15 is 0 Å². The van der Waals surface area contributed by atoms with Gasteiger partial charge in [-0.05, 0) is 19.1 Å². The number of benzene rings is 2. The van der Waals surface area contributed by atoms with E-state index in [1.807, 2.05) is 37.3 Å². The van der Waals surface area contributed by atoms with Crippen LogP contribution in [0.3, 0.4) is 0 Å². The van der Waals surface area contributed by atoms with E-state index in [1.165, 1.54) is 17.6 Å². The molecule has 0 aliphatic carbocycles. The highest BCUT2D eigenvalue weighted by Crippen LogP contribution is 2.30. The molecule has 26 heavy (non-hydrogen) atoms. The van der Waals surface area contributed by atoms with Crippen molar-refractivity contribution in [1.82, 2.24) is 4.98 Å². The number of amides is 1. The van der Waals surface area contributed by atoms with Crippen molar-refractivity contribution in [2.24, 2.45) is 0 Å². The lowest BCUT2D eigenvalue weighted by Crippen LogP contribution is -2.21. The van der Waals surface area contributed by atoms with Crippen LogP contribution in [0.5, 0.6) is 0 Å². The summed E-state index contributed by atoms with van der Waals surface area (Å²) in [6, 6.07) is 16.6. The number of fused-ring (bicyclic) bond motifs is 1. The highest BCUT2D eigenvalue weighted by Gasteiger charge is 2.17. The van der Waals surface area contributed by atoms with Crippen molar-refractivity contribution in [2.75, 3.05) is 5.32 Å². The summed E-state index contributed by atoms with van der Waals surface area (Å²) in [5.41, 5.74) is 1.84. The molecule has 2 aromatic carbocycles. The zero-order chi connectivity index (χ0) is 18.1. The van der Waals surface area contributed by atoms with E-state index in [1.54, 1.807) is 24.3 Å². The fourth-order valence-corrected chi connectivity index (χ4v) is 3.54. The van der Waals surface area contributed by atoms with Gasteiger partial charge in [0.25, 0.3) is 5.91 Å². The first kappa shape index (κ1) is 16.2. The van der Waals surface area contributed by atoms with Crippen LogP contribution < -0.4 is 10.7 Å². The Morgan fingerprint density at radius 3 is 2.62 bits per heavy atom. The topological polar surface area (TPSA) is 72.2 Å². The number of rotatable bonds is 3. The predicted octanol–water partition coefficient (Wildman–Crippen LogP) is 4.48. The molecule has 0 atom stereocenters.